The summed E-state index contributed by atoms with van der Waals surface area (Å²) in [5.41, 5.74) is 3.33. The van der Waals surface area contributed by atoms with Crippen molar-refractivity contribution in [2.45, 2.75) is 31.7 Å². The molecular weight excluding hydrogens is 158 g/mol. The summed E-state index contributed by atoms with van der Waals surface area (Å²) in [6, 6.07) is 9.31. The number of hydrogen-bond donors (Lipinski definition) is 1. The van der Waals surface area contributed by atoms with Crippen LogP contribution in [0.25, 0.3) is 0 Å². The quantitative estimate of drug-likeness (QED) is 0.692. The highest BCUT2D eigenvalue weighted by atomic mass is 14.9. The Morgan fingerprint density at radius 2 is 2.00 bits per heavy atom. The van der Waals surface area contributed by atoms with Crippen LogP contribution in [0, 0.1) is 0 Å². The summed E-state index contributed by atoms with van der Waals surface area (Å²) in [6.07, 6.45) is 1.21. The standard InChI is InChI=1S/C12H17N/c1-12(2)8-11(13-3)9-6-4-5-7-10(9)12/h4-7,11,13H,8H2,1-3H3. The summed E-state index contributed by atoms with van der Waals surface area (Å²) in [7, 11) is 2.04. The lowest BCUT2D eigenvalue weighted by molar-refractivity contribution is 0.447. The molecule has 0 bridgehead atoms. The molecule has 1 N–H and O–H groups in total. The van der Waals surface area contributed by atoms with Gasteiger partial charge in [-0.1, -0.05) is 38.1 Å². The van der Waals surface area contributed by atoms with Crippen LogP contribution in [-0.2, 0) is 5.41 Å². The first-order valence-corrected chi connectivity index (χ1v) is 4.92. The zero-order valence-corrected chi connectivity index (χ0v) is 8.59. The van der Waals surface area contributed by atoms with E-state index in [-0.39, 0.29) is 0 Å². The Bertz CT molecular complexity index is 315. The largest absolute Gasteiger partial charge is 0.313 e. The second kappa shape index (κ2) is 2.85. The van der Waals surface area contributed by atoms with Crippen LogP contribution in [0.3, 0.4) is 0 Å². The molecule has 1 unspecified atom stereocenters. The molecule has 0 aliphatic heterocycles. The van der Waals surface area contributed by atoms with Crippen LogP contribution in [0.4, 0.5) is 0 Å². The Morgan fingerprint density at radius 3 is 2.69 bits per heavy atom. The molecule has 2 rings (SSSR count). The van der Waals surface area contributed by atoms with Crippen LogP contribution >= 0.6 is 0 Å². The number of rotatable bonds is 1. The van der Waals surface area contributed by atoms with E-state index in [2.05, 4.69) is 43.4 Å². The molecule has 1 aromatic carbocycles. The van der Waals surface area contributed by atoms with E-state index in [4.69, 9.17) is 0 Å². The third kappa shape index (κ3) is 1.28. The Balaban J connectivity index is 2.51. The minimum absolute atomic E-state index is 0.338. The molecule has 0 spiro atoms. The van der Waals surface area contributed by atoms with Gasteiger partial charge in [-0.15, -0.1) is 0 Å². The van der Waals surface area contributed by atoms with Gasteiger partial charge in [0.1, 0.15) is 0 Å². The zero-order valence-electron chi connectivity index (χ0n) is 8.59. The molecular formula is C12H17N. The van der Waals surface area contributed by atoms with Crippen LogP contribution in [-0.4, -0.2) is 7.05 Å². The number of nitrogens with one attached hydrogen (secondary N) is 1. The highest BCUT2D eigenvalue weighted by molar-refractivity contribution is 5.40. The molecule has 1 aliphatic rings. The second-order valence-corrected chi connectivity index (χ2v) is 4.52. The van der Waals surface area contributed by atoms with Crippen molar-refractivity contribution in [3.8, 4) is 0 Å². The smallest absolute Gasteiger partial charge is 0.0328 e. The highest BCUT2D eigenvalue weighted by Gasteiger charge is 2.35. The minimum Gasteiger partial charge on any atom is -0.313 e. The molecule has 1 aromatic rings. The van der Waals surface area contributed by atoms with Gasteiger partial charge in [0.25, 0.3) is 0 Å². The fourth-order valence-electron chi connectivity index (χ4n) is 2.40. The normalized spacial score (nSPS) is 24.4. The first kappa shape index (κ1) is 8.76. The molecule has 1 nitrogen and oxygen atoms in total. The summed E-state index contributed by atoms with van der Waals surface area (Å²) >= 11 is 0. The number of benzene rings is 1. The van der Waals surface area contributed by atoms with Gasteiger partial charge in [-0.2, -0.15) is 0 Å². The van der Waals surface area contributed by atoms with Crippen LogP contribution in [0.2, 0.25) is 0 Å². The summed E-state index contributed by atoms with van der Waals surface area (Å²) in [5, 5.41) is 3.38. The van der Waals surface area contributed by atoms with E-state index in [9.17, 15) is 0 Å². The average molecular weight is 175 g/mol. The van der Waals surface area contributed by atoms with Crippen molar-refractivity contribution >= 4 is 0 Å². The summed E-state index contributed by atoms with van der Waals surface area (Å²) < 4.78 is 0. The molecule has 0 radical (unpaired) electrons. The summed E-state index contributed by atoms with van der Waals surface area (Å²) in [5.74, 6) is 0. The average Bonchev–Trinajstić information content (AvgIpc) is 2.39. The maximum absolute atomic E-state index is 3.38. The predicted octanol–water partition coefficient (Wildman–Crippen LogP) is 2.63. The van der Waals surface area contributed by atoms with Crippen molar-refractivity contribution in [2.75, 3.05) is 7.05 Å². The molecule has 13 heavy (non-hydrogen) atoms. The first-order chi connectivity index (χ1) is 6.15. The Hall–Kier alpha value is -0.820. The van der Waals surface area contributed by atoms with E-state index >= 15 is 0 Å². The van der Waals surface area contributed by atoms with Crippen LogP contribution < -0.4 is 5.32 Å². The lowest BCUT2D eigenvalue weighted by Crippen LogP contribution is -2.17. The van der Waals surface area contributed by atoms with E-state index in [0.29, 0.717) is 11.5 Å². The summed E-state index contributed by atoms with van der Waals surface area (Å²) in [6.45, 7) is 4.65. The highest BCUT2D eigenvalue weighted by Crippen LogP contribution is 2.43. The van der Waals surface area contributed by atoms with Crippen molar-refractivity contribution in [2.24, 2.45) is 0 Å². The van der Waals surface area contributed by atoms with Gasteiger partial charge in [0, 0.05) is 6.04 Å². The molecule has 1 atom stereocenters. The van der Waals surface area contributed by atoms with E-state index in [1.54, 1.807) is 0 Å². The van der Waals surface area contributed by atoms with Gasteiger partial charge in [0.15, 0.2) is 0 Å². The first-order valence-electron chi connectivity index (χ1n) is 4.92. The monoisotopic (exact) mass is 175 g/mol. The SMILES string of the molecule is CNC1CC(C)(C)c2ccccc21. The predicted molar refractivity (Wildman–Crippen MR) is 55.9 cm³/mol. The van der Waals surface area contributed by atoms with Crippen LogP contribution in [0.15, 0.2) is 24.3 Å². The molecule has 0 heterocycles. The van der Waals surface area contributed by atoms with Crippen molar-refractivity contribution in [1.82, 2.24) is 5.32 Å². The van der Waals surface area contributed by atoms with Crippen molar-refractivity contribution < 1.29 is 0 Å². The Labute approximate surface area is 80.2 Å². The molecule has 70 valence electrons. The van der Waals surface area contributed by atoms with Gasteiger partial charge >= 0.3 is 0 Å². The third-order valence-corrected chi connectivity index (χ3v) is 3.13. The van der Waals surface area contributed by atoms with E-state index in [1.165, 1.54) is 17.5 Å². The molecule has 1 heteroatoms. The molecule has 1 aliphatic carbocycles. The molecule has 0 saturated carbocycles. The third-order valence-electron chi connectivity index (χ3n) is 3.13. The van der Waals surface area contributed by atoms with Gasteiger partial charge in [-0.25, -0.2) is 0 Å². The van der Waals surface area contributed by atoms with E-state index in [1.807, 2.05) is 7.05 Å². The summed E-state index contributed by atoms with van der Waals surface area (Å²) in [4.78, 5) is 0. The number of hydrogen-bond acceptors (Lipinski definition) is 1. The fourth-order valence-corrected chi connectivity index (χ4v) is 2.40. The maximum Gasteiger partial charge on any atom is 0.0328 e. The lowest BCUT2D eigenvalue weighted by atomic mass is 9.86. The van der Waals surface area contributed by atoms with Gasteiger partial charge < -0.3 is 5.32 Å². The topological polar surface area (TPSA) is 12.0 Å². The lowest BCUT2D eigenvalue weighted by Gasteiger charge is -2.18. The van der Waals surface area contributed by atoms with Crippen molar-refractivity contribution in [3.63, 3.8) is 0 Å². The fraction of sp³-hybridized carbons (Fsp3) is 0.500. The van der Waals surface area contributed by atoms with Crippen LogP contribution in [0.1, 0.15) is 37.4 Å². The van der Waals surface area contributed by atoms with Crippen molar-refractivity contribution in [1.29, 1.82) is 0 Å². The van der Waals surface area contributed by atoms with Gasteiger partial charge in [-0.05, 0) is 30.0 Å². The number of fused-ring (bicyclic) bond motifs is 1. The van der Waals surface area contributed by atoms with Crippen LogP contribution in [0.5, 0.6) is 0 Å². The van der Waals surface area contributed by atoms with E-state index in [0.717, 1.165) is 0 Å². The molecule has 0 saturated heterocycles. The van der Waals surface area contributed by atoms with Gasteiger partial charge in [0.2, 0.25) is 0 Å². The van der Waals surface area contributed by atoms with E-state index < -0.39 is 0 Å². The molecule has 0 amide bonds. The Morgan fingerprint density at radius 1 is 1.31 bits per heavy atom. The Kier molecular flexibility index (Phi) is 1.92. The van der Waals surface area contributed by atoms with Gasteiger partial charge in [0.05, 0.1) is 0 Å². The van der Waals surface area contributed by atoms with Crippen molar-refractivity contribution in [3.05, 3.63) is 35.4 Å². The minimum atomic E-state index is 0.338. The van der Waals surface area contributed by atoms with Gasteiger partial charge in [-0.3, -0.25) is 0 Å². The second-order valence-electron chi connectivity index (χ2n) is 4.52. The molecule has 0 fully saturated rings. The maximum atomic E-state index is 3.38. The zero-order chi connectivity index (χ0) is 9.47. The molecule has 0 aromatic heterocycles.